The van der Waals surface area contributed by atoms with Crippen molar-refractivity contribution in [3.05, 3.63) is 34.4 Å². The molecule has 0 saturated carbocycles. The van der Waals surface area contributed by atoms with Gasteiger partial charge in [0.2, 0.25) is 0 Å². The number of hydrogen-bond acceptors (Lipinski definition) is 2. The van der Waals surface area contributed by atoms with Crippen molar-refractivity contribution < 1.29 is 4.39 Å². The summed E-state index contributed by atoms with van der Waals surface area (Å²) >= 11 is 0. The molecular weight excluding hydrogens is 275 g/mol. The Kier molecular flexibility index (Phi) is 6.93. The molecule has 1 N–H and O–H groups in total. The number of nitrogens with one attached hydrogen (secondary N) is 1. The third-order valence-electron chi connectivity index (χ3n) is 4.05. The van der Waals surface area contributed by atoms with Crippen LogP contribution in [0.3, 0.4) is 0 Å². The van der Waals surface area contributed by atoms with E-state index in [1.54, 1.807) is 0 Å². The summed E-state index contributed by atoms with van der Waals surface area (Å²) in [5.41, 5.74) is 5.23. The van der Waals surface area contributed by atoms with Gasteiger partial charge >= 0.3 is 0 Å². The first-order valence-electron chi connectivity index (χ1n) is 7.22. The Balaban J connectivity index is 0.00000200. The number of benzene rings is 1. The number of hydrogen-bond donors (Lipinski definition) is 1. The van der Waals surface area contributed by atoms with Gasteiger partial charge in [-0.15, -0.1) is 12.4 Å². The molecule has 1 heterocycles. The van der Waals surface area contributed by atoms with E-state index in [-0.39, 0.29) is 25.1 Å². The van der Waals surface area contributed by atoms with Crippen LogP contribution in [0.25, 0.3) is 0 Å². The van der Waals surface area contributed by atoms with Crippen LogP contribution in [-0.2, 0) is 0 Å². The second kappa shape index (κ2) is 7.96. The van der Waals surface area contributed by atoms with E-state index in [4.69, 9.17) is 0 Å². The molecule has 0 bridgehead atoms. The number of aryl methyl sites for hydroxylation is 3. The van der Waals surface area contributed by atoms with Gasteiger partial charge in [0, 0.05) is 32.2 Å². The number of halogens is 2. The number of piperazine rings is 1. The van der Waals surface area contributed by atoms with Gasteiger partial charge in [-0.05, 0) is 43.9 Å². The molecule has 1 aliphatic rings. The summed E-state index contributed by atoms with van der Waals surface area (Å²) in [5.74, 6) is 0. The molecule has 1 aromatic carbocycles. The van der Waals surface area contributed by atoms with Gasteiger partial charge in [-0.3, -0.25) is 9.29 Å². The summed E-state index contributed by atoms with van der Waals surface area (Å²) in [6.07, 6.45) is 0.602. The van der Waals surface area contributed by atoms with Crippen molar-refractivity contribution in [3.8, 4) is 0 Å². The van der Waals surface area contributed by atoms with Crippen molar-refractivity contribution in [2.45, 2.75) is 33.2 Å². The zero-order valence-corrected chi connectivity index (χ0v) is 13.5. The standard InChI is InChI=1S/C16H25FN2.ClH/c1-12-10-13(2)16(14(3)11-12)15(4-5-17)19-8-6-18-7-9-19;/h10-11,15,18H,4-9H2,1-3H3;1H/t15-;/m0./s1. The Labute approximate surface area is 128 Å². The van der Waals surface area contributed by atoms with Crippen LogP contribution in [0.4, 0.5) is 4.39 Å². The minimum atomic E-state index is -0.249. The molecule has 114 valence electrons. The monoisotopic (exact) mass is 300 g/mol. The van der Waals surface area contributed by atoms with Crippen molar-refractivity contribution in [1.82, 2.24) is 10.2 Å². The van der Waals surface area contributed by atoms with Crippen LogP contribution in [0.5, 0.6) is 0 Å². The fourth-order valence-electron chi connectivity index (χ4n) is 3.32. The molecule has 1 atom stereocenters. The Morgan fingerprint density at radius 3 is 2.20 bits per heavy atom. The third kappa shape index (κ3) is 3.94. The predicted octanol–water partition coefficient (Wildman–Crippen LogP) is 3.34. The van der Waals surface area contributed by atoms with Crippen LogP contribution in [0, 0.1) is 20.8 Å². The summed E-state index contributed by atoms with van der Waals surface area (Å²) in [7, 11) is 0. The fraction of sp³-hybridized carbons (Fsp3) is 0.625. The lowest BCUT2D eigenvalue weighted by atomic mass is 9.91. The summed E-state index contributed by atoms with van der Waals surface area (Å²) in [6, 6.07) is 4.67. The molecule has 1 fully saturated rings. The van der Waals surface area contributed by atoms with E-state index in [1.807, 2.05) is 0 Å². The lowest BCUT2D eigenvalue weighted by Gasteiger charge is -2.36. The molecule has 0 aromatic heterocycles. The molecule has 0 unspecified atom stereocenters. The highest BCUT2D eigenvalue weighted by atomic mass is 35.5. The molecule has 1 saturated heterocycles. The number of rotatable bonds is 4. The molecule has 2 rings (SSSR count). The smallest absolute Gasteiger partial charge is 0.0912 e. The van der Waals surface area contributed by atoms with Gasteiger partial charge in [-0.1, -0.05) is 17.7 Å². The Morgan fingerprint density at radius 2 is 1.70 bits per heavy atom. The first-order valence-corrected chi connectivity index (χ1v) is 7.22. The lowest BCUT2D eigenvalue weighted by Crippen LogP contribution is -2.45. The van der Waals surface area contributed by atoms with Crippen LogP contribution < -0.4 is 5.32 Å². The maximum absolute atomic E-state index is 13.0. The van der Waals surface area contributed by atoms with Crippen molar-refractivity contribution in [1.29, 1.82) is 0 Å². The highest BCUT2D eigenvalue weighted by molar-refractivity contribution is 5.85. The molecule has 2 nitrogen and oxygen atoms in total. The molecule has 0 amide bonds. The molecule has 0 radical (unpaired) electrons. The first kappa shape index (κ1) is 17.4. The second-order valence-corrected chi connectivity index (χ2v) is 5.59. The molecule has 20 heavy (non-hydrogen) atoms. The van der Waals surface area contributed by atoms with E-state index < -0.39 is 0 Å². The van der Waals surface area contributed by atoms with E-state index in [0.29, 0.717) is 6.42 Å². The van der Waals surface area contributed by atoms with Crippen LogP contribution in [0.1, 0.15) is 34.7 Å². The highest BCUT2D eigenvalue weighted by Crippen LogP contribution is 2.31. The van der Waals surface area contributed by atoms with Gasteiger partial charge in [0.25, 0.3) is 0 Å². The topological polar surface area (TPSA) is 15.3 Å². The van der Waals surface area contributed by atoms with E-state index in [0.717, 1.165) is 26.2 Å². The summed E-state index contributed by atoms with van der Waals surface area (Å²) in [6.45, 7) is 10.2. The number of nitrogens with zero attached hydrogens (tertiary/aromatic N) is 1. The van der Waals surface area contributed by atoms with Crippen LogP contribution in [0.2, 0.25) is 0 Å². The second-order valence-electron chi connectivity index (χ2n) is 5.59. The molecular formula is C16H26ClFN2. The van der Waals surface area contributed by atoms with Crippen LogP contribution in [-0.4, -0.2) is 37.8 Å². The summed E-state index contributed by atoms with van der Waals surface area (Å²) in [5, 5.41) is 3.37. The Bertz CT molecular complexity index is 407. The highest BCUT2D eigenvalue weighted by Gasteiger charge is 2.24. The van der Waals surface area contributed by atoms with E-state index in [9.17, 15) is 4.39 Å². The van der Waals surface area contributed by atoms with Gasteiger partial charge in [-0.25, -0.2) is 0 Å². The maximum atomic E-state index is 13.0. The van der Waals surface area contributed by atoms with Crippen molar-refractivity contribution in [3.63, 3.8) is 0 Å². The van der Waals surface area contributed by atoms with Crippen molar-refractivity contribution >= 4 is 12.4 Å². The van der Waals surface area contributed by atoms with Gasteiger partial charge < -0.3 is 5.32 Å². The molecule has 0 spiro atoms. The van der Waals surface area contributed by atoms with E-state index in [1.165, 1.54) is 22.3 Å². The minimum Gasteiger partial charge on any atom is -0.314 e. The summed E-state index contributed by atoms with van der Waals surface area (Å²) < 4.78 is 13.0. The average molecular weight is 301 g/mol. The minimum absolute atomic E-state index is 0. The quantitative estimate of drug-likeness (QED) is 0.917. The van der Waals surface area contributed by atoms with E-state index >= 15 is 0 Å². The van der Waals surface area contributed by atoms with Crippen LogP contribution in [0.15, 0.2) is 12.1 Å². The van der Waals surface area contributed by atoms with Gasteiger partial charge in [0.05, 0.1) is 6.67 Å². The predicted molar refractivity (Wildman–Crippen MR) is 85.7 cm³/mol. The Morgan fingerprint density at radius 1 is 1.15 bits per heavy atom. The van der Waals surface area contributed by atoms with Gasteiger partial charge in [0.1, 0.15) is 0 Å². The Hall–Kier alpha value is -0.640. The lowest BCUT2D eigenvalue weighted by molar-refractivity contribution is 0.156. The van der Waals surface area contributed by atoms with Crippen molar-refractivity contribution in [2.24, 2.45) is 0 Å². The zero-order chi connectivity index (χ0) is 13.8. The van der Waals surface area contributed by atoms with Crippen LogP contribution >= 0.6 is 12.4 Å². The number of alkyl halides is 1. The fourth-order valence-corrected chi connectivity index (χ4v) is 3.32. The molecule has 0 aliphatic carbocycles. The normalized spacial score (nSPS) is 17.6. The zero-order valence-electron chi connectivity index (χ0n) is 12.7. The maximum Gasteiger partial charge on any atom is 0.0912 e. The van der Waals surface area contributed by atoms with Gasteiger partial charge in [-0.2, -0.15) is 0 Å². The first-order chi connectivity index (χ1) is 9.13. The van der Waals surface area contributed by atoms with Crippen molar-refractivity contribution in [2.75, 3.05) is 32.9 Å². The molecule has 4 heteroatoms. The van der Waals surface area contributed by atoms with E-state index in [2.05, 4.69) is 43.1 Å². The average Bonchev–Trinajstić information content (AvgIpc) is 2.37. The third-order valence-corrected chi connectivity index (χ3v) is 4.05. The molecule has 1 aromatic rings. The summed E-state index contributed by atoms with van der Waals surface area (Å²) in [4.78, 5) is 2.43. The SMILES string of the molecule is Cc1cc(C)c([C@H](CCF)N2CCNCC2)c(C)c1.Cl. The molecule has 1 aliphatic heterocycles. The van der Waals surface area contributed by atoms with Gasteiger partial charge in [0.15, 0.2) is 0 Å². The largest absolute Gasteiger partial charge is 0.314 e.